The number of carbonyl (C=O) groups is 1. The van der Waals surface area contributed by atoms with Gasteiger partial charge in [-0.1, -0.05) is 0 Å². The molecule has 108 valence electrons. The monoisotopic (exact) mass is 287 g/mol. The number of ether oxygens (including phenoxy) is 2. The van der Waals surface area contributed by atoms with Crippen molar-refractivity contribution in [2.45, 2.75) is 13.1 Å². The quantitative estimate of drug-likeness (QED) is 0.797. The van der Waals surface area contributed by atoms with Gasteiger partial charge in [-0.3, -0.25) is 4.40 Å². The second-order valence-electron chi connectivity index (χ2n) is 4.15. The van der Waals surface area contributed by atoms with Gasteiger partial charge in [0, 0.05) is 11.2 Å². The molecule has 0 aliphatic carbocycles. The molecule has 2 aromatic heterocycles. The lowest BCUT2D eigenvalue weighted by Gasteiger charge is -2.11. The van der Waals surface area contributed by atoms with Crippen LogP contribution in [0.25, 0.3) is 5.52 Å². The molecule has 0 aromatic carbocycles. The van der Waals surface area contributed by atoms with Crippen LogP contribution in [-0.4, -0.2) is 24.6 Å². The highest BCUT2D eigenvalue weighted by atomic mass is 19.4. The molecule has 20 heavy (non-hydrogen) atoms. The second-order valence-corrected chi connectivity index (χ2v) is 4.15. The maximum Gasteiger partial charge on any atom is 0.418 e. The number of alkyl halides is 3. The minimum atomic E-state index is -4.47. The fourth-order valence-electron chi connectivity index (χ4n) is 2.14. The summed E-state index contributed by atoms with van der Waals surface area (Å²) in [6, 6.07) is 3.80. The lowest BCUT2D eigenvalue weighted by atomic mass is 10.2. The molecule has 0 aliphatic rings. The molecule has 4 nitrogen and oxygen atoms in total. The molecule has 0 radical (unpaired) electrons. The van der Waals surface area contributed by atoms with Crippen LogP contribution >= 0.6 is 0 Å². The molecule has 0 spiro atoms. The summed E-state index contributed by atoms with van der Waals surface area (Å²) in [6.07, 6.45) is -4.47. The van der Waals surface area contributed by atoms with Gasteiger partial charge in [-0.15, -0.1) is 0 Å². The van der Waals surface area contributed by atoms with Crippen molar-refractivity contribution >= 4 is 11.5 Å². The zero-order valence-corrected chi connectivity index (χ0v) is 11.0. The van der Waals surface area contributed by atoms with Crippen molar-refractivity contribution in [3.8, 4) is 5.88 Å². The van der Waals surface area contributed by atoms with Crippen LogP contribution in [0.1, 0.15) is 21.6 Å². The van der Waals surface area contributed by atoms with Crippen LogP contribution in [0.15, 0.2) is 18.2 Å². The molecule has 0 amide bonds. The summed E-state index contributed by atoms with van der Waals surface area (Å²) in [5, 5.41) is 0. The van der Waals surface area contributed by atoms with Crippen molar-refractivity contribution in [3.63, 3.8) is 0 Å². The third-order valence-corrected chi connectivity index (χ3v) is 3.03. The number of nitrogens with zero attached hydrogens (tertiary/aromatic N) is 1. The molecule has 7 heteroatoms. The van der Waals surface area contributed by atoms with E-state index in [9.17, 15) is 18.0 Å². The number of esters is 1. The largest absolute Gasteiger partial charge is 0.481 e. The summed E-state index contributed by atoms with van der Waals surface area (Å²) in [5.74, 6) is -0.659. The molecule has 2 rings (SSSR count). The molecule has 2 heterocycles. The summed E-state index contributed by atoms with van der Waals surface area (Å²) in [4.78, 5) is 11.6. The number of methoxy groups -OCH3 is 2. The van der Waals surface area contributed by atoms with Crippen LogP contribution in [0, 0.1) is 6.92 Å². The van der Waals surface area contributed by atoms with E-state index in [2.05, 4.69) is 4.74 Å². The lowest BCUT2D eigenvalue weighted by Crippen LogP contribution is -2.09. The number of rotatable bonds is 2. The number of fused-ring (bicyclic) bond motifs is 1. The van der Waals surface area contributed by atoms with Crippen LogP contribution in [0.2, 0.25) is 0 Å². The van der Waals surface area contributed by atoms with Crippen molar-refractivity contribution < 1.29 is 27.4 Å². The van der Waals surface area contributed by atoms with E-state index in [1.165, 1.54) is 37.7 Å². The van der Waals surface area contributed by atoms with Gasteiger partial charge in [-0.25, -0.2) is 4.79 Å². The molecule has 0 N–H and O–H groups in total. The average molecular weight is 287 g/mol. The SMILES string of the molecule is COC(=O)c1ccc2cc(C(F)(F)F)c(C)n2c1OC. The molecule has 0 aliphatic heterocycles. The first-order valence-electron chi connectivity index (χ1n) is 5.65. The van der Waals surface area contributed by atoms with Crippen molar-refractivity contribution in [2.24, 2.45) is 0 Å². The van der Waals surface area contributed by atoms with Crippen LogP contribution in [0.5, 0.6) is 5.88 Å². The van der Waals surface area contributed by atoms with Gasteiger partial charge in [0.15, 0.2) is 0 Å². The number of aromatic nitrogens is 1. The minimum Gasteiger partial charge on any atom is -0.481 e. The van der Waals surface area contributed by atoms with E-state index in [0.717, 1.165) is 6.07 Å². The number of hydrogen-bond donors (Lipinski definition) is 0. The predicted octanol–water partition coefficient (Wildman–Crippen LogP) is 3.06. The Bertz CT molecular complexity index is 674. The number of pyridine rings is 1. The Kier molecular flexibility index (Phi) is 3.37. The van der Waals surface area contributed by atoms with E-state index in [-0.39, 0.29) is 17.1 Å². The van der Waals surface area contributed by atoms with Crippen molar-refractivity contribution in [3.05, 3.63) is 35.0 Å². The Morgan fingerprint density at radius 2 is 1.90 bits per heavy atom. The Morgan fingerprint density at radius 1 is 1.25 bits per heavy atom. The summed E-state index contributed by atoms with van der Waals surface area (Å²) in [6.45, 7) is 1.32. The van der Waals surface area contributed by atoms with Crippen molar-refractivity contribution in [1.82, 2.24) is 4.40 Å². The summed E-state index contributed by atoms with van der Waals surface area (Å²) in [7, 11) is 2.48. The van der Waals surface area contributed by atoms with E-state index in [4.69, 9.17) is 4.74 Å². The summed E-state index contributed by atoms with van der Waals surface area (Å²) >= 11 is 0. The minimum absolute atomic E-state index is 0.0161. The molecule has 0 unspecified atom stereocenters. The van der Waals surface area contributed by atoms with Crippen molar-refractivity contribution in [1.29, 1.82) is 0 Å². The van der Waals surface area contributed by atoms with E-state index in [1.807, 2.05) is 0 Å². The number of hydrogen-bond acceptors (Lipinski definition) is 3. The molecule has 0 saturated carbocycles. The van der Waals surface area contributed by atoms with Gasteiger partial charge in [0.05, 0.1) is 19.8 Å². The van der Waals surface area contributed by atoms with E-state index >= 15 is 0 Å². The highest BCUT2D eigenvalue weighted by molar-refractivity contribution is 5.92. The van der Waals surface area contributed by atoms with E-state index in [0.29, 0.717) is 5.52 Å². The Labute approximate surface area is 112 Å². The fraction of sp³-hybridized carbons (Fsp3) is 0.308. The third-order valence-electron chi connectivity index (χ3n) is 3.03. The smallest absolute Gasteiger partial charge is 0.418 e. The van der Waals surface area contributed by atoms with Crippen LogP contribution < -0.4 is 4.74 Å². The first kappa shape index (κ1) is 14.2. The maximum absolute atomic E-state index is 12.9. The average Bonchev–Trinajstić information content (AvgIpc) is 2.74. The summed E-state index contributed by atoms with van der Waals surface area (Å²) < 4.78 is 49.6. The van der Waals surface area contributed by atoms with Gasteiger partial charge in [-0.2, -0.15) is 13.2 Å². The first-order valence-corrected chi connectivity index (χ1v) is 5.65. The number of aryl methyl sites for hydroxylation is 1. The highest BCUT2D eigenvalue weighted by Gasteiger charge is 2.35. The molecule has 0 bridgehead atoms. The van der Waals surface area contributed by atoms with E-state index in [1.54, 1.807) is 0 Å². The topological polar surface area (TPSA) is 39.9 Å². The molecule has 0 saturated heterocycles. The van der Waals surface area contributed by atoms with Gasteiger partial charge >= 0.3 is 12.1 Å². The molecular weight excluding hydrogens is 275 g/mol. The Hall–Kier alpha value is -2.18. The van der Waals surface area contributed by atoms with Crippen LogP contribution in [0.3, 0.4) is 0 Å². The Morgan fingerprint density at radius 3 is 2.40 bits per heavy atom. The zero-order valence-electron chi connectivity index (χ0n) is 11.0. The zero-order chi connectivity index (χ0) is 15.1. The molecule has 0 fully saturated rings. The maximum atomic E-state index is 12.9. The second kappa shape index (κ2) is 4.73. The lowest BCUT2D eigenvalue weighted by molar-refractivity contribution is -0.138. The normalized spacial score (nSPS) is 11.7. The van der Waals surface area contributed by atoms with Gasteiger partial charge in [0.25, 0.3) is 0 Å². The van der Waals surface area contributed by atoms with Crippen LogP contribution in [-0.2, 0) is 10.9 Å². The number of halogens is 3. The van der Waals surface area contributed by atoms with E-state index < -0.39 is 17.7 Å². The molecular formula is C13H12F3NO3. The Balaban J connectivity index is 2.81. The predicted molar refractivity (Wildman–Crippen MR) is 65.0 cm³/mol. The molecule has 0 atom stereocenters. The summed E-state index contributed by atoms with van der Waals surface area (Å²) in [5.41, 5.74) is -0.456. The fourth-order valence-corrected chi connectivity index (χ4v) is 2.14. The van der Waals surface area contributed by atoms with Crippen molar-refractivity contribution in [2.75, 3.05) is 14.2 Å². The van der Waals surface area contributed by atoms with Gasteiger partial charge in [0.1, 0.15) is 5.56 Å². The van der Waals surface area contributed by atoms with Gasteiger partial charge in [-0.05, 0) is 25.1 Å². The standard InChI is InChI=1S/C13H12F3NO3/c1-7-10(13(14,15)16)6-8-4-5-9(12(18)20-3)11(19-2)17(7)8/h4-6H,1-3H3. The van der Waals surface area contributed by atoms with Crippen LogP contribution in [0.4, 0.5) is 13.2 Å². The van der Waals surface area contributed by atoms with Gasteiger partial charge in [0.2, 0.25) is 5.88 Å². The third kappa shape index (κ3) is 2.09. The first-order chi connectivity index (χ1) is 9.31. The highest BCUT2D eigenvalue weighted by Crippen LogP contribution is 2.36. The van der Waals surface area contributed by atoms with Gasteiger partial charge < -0.3 is 9.47 Å². The number of carbonyl (C=O) groups excluding carboxylic acids is 1. The molecule has 2 aromatic rings.